The maximum atomic E-state index is 5.32. The summed E-state index contributed by atoms with van der Waals surface area (Å²) in [6, 6.07) is 0.502. The Bertz CT molecular complexity index is 295. The summed E-state index contributed by atoms with van der Waals surface area (Å²) in [4.78, 5) is 4.64. The summed E-state index contributed by atoms with van der Waals surface area (Å²) in [5.41, 5.74) is 1.23. The van der Waals surface area contributed by atoms with Gasteiger partial charge in [-0.15, -0.1) is 11.3 Å². The SMILES string of the molecule is CCOCCc1nc(C2CCCN2)cs1. The lowest BCUT2D eigenvalue weighted by molar-refractivity contribution is 0.151. The van der Waals surface area contributed by atoms with Gasteiger partial charge in [0.15, 0.2) is 0 Å². The van der Waals surface area contributed by atoms with Crippen molar-refractivity contribution in [2.75, 3.05) is 19.8 Å². The van der Waals surface area contributed by atoms with Crippen LogP contribution in [0.15, 0.2) is 5.38 Å². The second kappa shape index (κ2) is 5.58. The highest BCUT2D eigenvalue weighted by molar-refractivity contribution is 7.09. The van der Waals surface area contributed by atoms with E-state index in [4.69, 9.17) is 4.74 Å². The number of hydrogen-bond acceptors (Lipinski definition) is 4. The molecule has 0 amide bonds. The van der Waals surface area contributed by atoms with Gasteiger partial charge in [0, 0.05) is 18.4 Å². The van der Waals surface area contributed by atoms with Gasteiger partial charge in [-0.25, -0.2) is 4.98 Å². The van der Waals surface area contributed by atoms with Crippen molar-refractivity contribution >= 4 is 11.3 Å². The molecule has 1 aromatic heterocycles. The van der Waals surface area contributed by atoms with Crippen molar-refractivity contribution in [3.05, 3.63) is 16.1 Å². The number of ether oxygens (including phenoxy) is 1. The van der Waals surface area contributed by atoms with Crippen LogP contribution in [0.4, 0.5) is 0 Å². The fourth-order valence-corrected chi connectivity index (χ4v) is 2.67. The van der Waals surface area contributed by atoms with E-state index in [-0.39, 0.29) is 0 Å². The van der Waals surface area contributed by atoms with E-state index in [9.17, 15) is 0 Å². The molecule has 1 unspecified atom stereocenters. The minimum Gasteiger partial charge on any atom is -0.381 e. The summed E-state index contributed by atoms with van der Waals surface area (Å²) in [6.07, 6.45) is 3.45. The predicted molar refractivity (Wildman–Crippen MR) is 62.3 cm³/mol. The molecule has 1 N–H and O–H groups in total. The molecule has 15 heavy (non-hydrogen) atoms. The van der Waals surface area contributed by atoms with E-state index in [0.717, 1.165) is 26.2 Å². The summed E-state index contributed by atoms with van der Waals surface area (Å²) in [5, 5.41) is 6.85. The van der Waals surface area contributed by atoms with E-state index >= 15 is 0 Å². The summed E-state index contributed by atoms with van der Waals surface area (Å²) >= 11 is 1.76. The van der Waals surface area contributed by atoms with E-state index < -0.39 is 0 Å². The first-order valence-corrected chi connectivity index (χ1v) is 6.53. The van der Waals surface area contributed by atoms with Gasteiger partial charge in [0.25, 0.3) is 0 Å². The maximum absolute atomic E-state index is 5.32. The second-order valence-electron chi connectivity index (χ2n) is 3.76. The summed E-state index contributed by atoms with van der Waals surface area (Å²) < 4.78 is 5.32. The lowest BCUT2D eigenvalue weighted by atomic mass is 10.2. The van der Waals surface area contributed by atoms with Gasteiger partial charge in [0.05, 0.1) is 23.4 Å². The lowest BCUT2D eigenvalue weighted by Crippen LogP contribution is -2.13. The van der Waals surface area contributed by atoms with E-state index in [2.05, 4.69) is 15.7 Å². The fourth-order valence-electron chi connectivity index (χ4n) is 1.84. The molecule has 1 saturated heterocycles. The van der Waals surface area contributed by atoms with Gasteiger partial charge in [-0.3, -0.25) is 0 Å². The van der Waals surface area contributed by atoms with Crippen molar-refractivity contribution in [3.63, 3.8) is 0 Å². The van der Waals surface area contributed by atoms with E-state index in [1.807, 2.05) is 6.92 Å². The average molecular weight is 226 g/mol. The summed E-state index contributed by atoms with van der Waals surface area (Å²) in [6.45, 7) is 4.75. The van der Waals surface area contributed by atoms with Crippen LogP contribution < -0.4 is 5.32 Å². The predicted octanol–water partition coefficient (Wildman–Crippen LogP) is 2.15. The van der Waals surface area contributed by atoms with Crippen LogP contribution in [-0.4, -0.2) is 24.7 Å². The smallest absolute Gasteiger partial charge is 0.0951 e. The number of hydrogen-bond donors (Lipinski definition) is 1. The third-order valence-corrected chi connectivity index (χ3v) is 3.58. The number of nitrogens with one attached hydrogen (secondary N) is 1. The van der Waals surface area contributed by atoms with Crippen LogP contribution in [0.25, 0.3) is 0 Å². The average Bonchev–Trinajstić information content (AvgIpc) is 2.87. The van der Waals surface area contributed by atoms with Gasteiger partial charge >= 0.3 is 0 Å². The molecule has 1 aliphatic heterocycles. The van der Waals surface area contributed by atoms with Crippen LogP contribution in [0.2, 0.25) is 0 Å². The van der Waals surface area contributed by atoms with Gasteiger partial charge in [-0.05, 0) is 26.3 Å². The molecule has 1 atom stereocenters. The molecule has 0 bridgehead atoms. The molecule has 2 rings (SSSR count). The van der Waals surface area contributed by atoms with Crippen LogP contribution in [0.1, 0.15) is 36.5 Å². The van der Waals surface area contributed by atoms with Crippen LogP contribution in [0.3, 0.4) is 0 Å². The Kier molecular flexibility index (Phi) is 4.11. The van der Waals surface area contributed by atoms with Crippen LogP contribution in [0.5, 0.6) is 0 Å². The molecule has 84 valence electrons. The molecule has 2 heterocycles. The van der Waals surface area contributed by atoms with Crippen molar-refractivity contribution in [1.29, 1.82) is 0 Å². The topological polar surface area (TPSA) is 34.1 Å². The zero-order valence-corrected chi connectivity index (χ0v) is 9.98. The van der Waals surface area contributed by atoms with Crippen LogP contribution >= 0.6 is 11.3 Å². The molecule has 1 fully saturated rings. The van der Waals surface area contributed by atoms with Crippen molar-refractivity contribution in [3.8, 4) is 0 Å². The highest BCUT2D eigenvalue weighted by atomic mass is 32.1. The largest absolute Gasteiger partial charge is 0.381 e. The van der Waals surface area contributed by atoms with Gasteiger partial charge in [-0.1, -0.05) is 0 Å². The Hall–Kier alpha value is -0.450. The van der Waals surface area contributed by atoms with Crippen LogP contribution in [-0.2, 0) is 11.2 Å². The molecule has 0 saturated carbocycles. The summed E-state index contributed by atoms with van der Waals surface area (Å²) in [5.74, 6) is 0. The number of rotatable bonds is 5. The van der Waals surface area contributed by atoms with Crippen LogP contribution in [0, 0.1) is 0 Å². The molecule has 1 aromatic rings. The second-order valence-corrected chi connectivity index (χ2v) is 4.70. The Morgan fingerprint density at radius 3 is 3.33 bits per heavy atom. The molecule has 4 heteroatoms. The number of thiazole rings is 1. The number of nitrogens with zero attached hydrogens (tertiary/aromatic N) is 1. The number of aromatic nitrogens is 1. The maximum Gasteiger partial charge on any atom is 0.0951 e. The zero-order valence-electron chi connectivity index (χ0n) is 9.16. The van der Waals surface area contributed by atoms with Gasteiger partial charge in [0.2, 0.25) is 0 Å². The molecule has 0 aromatic carbocycles. The first kappa shape index (κ1) is 11.0. The van der Waals surface area contributed by atoms with E-state index in [1.54, 1.807) is 11.3 Å². The van der Waals surface area contributed by atoms with Crippen molar-refractivity contribution in [2.24, 2.45) is 0 Å². The Morgan fingerprint density at radius 2 is 2.60 bits per heavy atom. The summed E-state index contributed by atoms with van der Waals surface area (Å²) in [7, 11) is 0. The van der Waals surface area contributed by atoms with Gasteiger partial charge < -0.3 is 10.1 Å². The molecule has 3 nitrogen and oxygen atoms in total. The standard InChI is InChI=1S/C11H18N2OS/c1-2-14-7-5-11-13-10(8-15-11)9-4-3-6-12-9/h8-9,12H,2-7H2,1H3. The first-order valence-electron chi connectivity index (χ1n) is 5.65. The molecule has 0 radical (unpaired) electrons. The minimum atomic E-state index is 0.502. The molecule has 0 spiro atoms. The first-order chi connectivity index (χ1) is 7.40. The Balaban J connectivity index is 1.86. The minimum absolute atomic E-state index is 0.502. The zero-order chi connectivity index (χ0) is 10.5. The van der Waals surface area contributed by atoms with Crippen molar-refractivity contribution < 1.29 is 4.74 Å². The third kappa shape index (κ3) is 3.00. The van der Waals surface area contributed by atoms with Crippen molar-refractivity contribution in [1.82, 2.24) is 10.3 Å². The van der Waals surface area contributed by atoms with Gasteiger partial charge in [0.1, 0.15) is 0 Å². The molecule has 0 aliphatic carbocycles. The Labute approximate surface area is 94.9 Å². The Morgan fingerprint density at radius 1 is 1.67 bits per heavy atom. The molecule has 1 aliphatic rings. The fraction of sp³-hybridized carbons (Fsp3) is 0.727. The lowest BCUT2D eigenvalue weighted by Gasteiger charge is -2.04. The molecular weight excluding hydrogens is 208 g/mol. The normalized spacial score (nSPS) is 21.0. The quantitative estimate of drug-likeness (QED) is 0.781. The highest BCUT2D eigenvalue weighted by Gasteiger charge is 2.18. The third-order valence-electron chi connectivity index (χ3n) is 2.65. The van der Waals surface area contributed by atoms with E-state index in [1.165, 1.54) is 23.5 Å². The molecular formula is C11H18N2OS. The monoisotopic (exact) mass is 226 g/mol. The van der Waals surface area contributed by atoms with E-state index in [0.29, 0.717) is 6.04 Å². The highest BCUT2D eigenvalue weighted by Crippen LogP contribution is 2.24. The van der Waals surface area contributed by atoms with Crippen molar-refractivity contribution in [2.45, 2.75) is 32.2 Å². The van der Waals surface area contributed by atoms with Gasteiger partial charge in [-0.2, -0.15) is 0 Å².